The molecule has 44 heteroatoms. The first-order valence-corrected chi connectivity index (χ1v) is 33.0. The first kappa shape index (κ1) is 80.6. The number of nitrogens with one attached hydrogen (secondary N) is 4. The van der Waals surface area contributed by atoms with E-state index in [2.05, 4.69) is 41.3 Å². The number of aromatic amines is 4. The zero-order valence-electron chi connectivity index (χ0n) is 63.8. The number of terminal acetylenes is 4. The molecule has 0 radical (unpaired) electrons. The van der Waals surface area contributed by atoms with Crippen molar-refractivity contribution in [2.24, 2.45) is 46.6 Å². The summed E-state index contributed by atoms with van der Waals surface area (Å²) < 4.78 is 149. The molecule has 20 atom stereocenters. The van der Waals surface area contributed by atoms with Crippen molar-refractivity contribution in [2.75, 3.05) is 26.3 Å². The fraction of sp³-hybridized carbons (Fsp3) is 0.562. The van der Waals surface area contributed by atoms with E-state index < -0.39 is 215 Å². The number of nitrogens with two attached hydrogens (primary N) is 4. The Morgan fingerprint density at radius 1 is 0.454 bits per heavy atom. The molecule has 4 aromatic heterocycles. The quantitative estimate of drug-likeness (QED) is 0.0141. The number of ether oxygens (including phenoxy) is 8. The fourth-order valence-corrected chi connectivity index (χ4v) is 9.94. The van der Waals surface area contributed by atoms with Gasteiger partial charge in [-0.1, -0.05) is 79.1 Å². The van der Waals surface area contributed by atoms with E-state index in [0.717, 1.165) is 33.9 Å². The second-order valence-corrected chi connectivity index (χ2v) is 26.6. The number of alkyl halides is 4. The maximum atomic E-state index is 15.5. The summed E-state index contributed by atoms with van der Waals surface area (Å²) in [5.74, 6) is -11.4. The summed E-state index contributed by atoms with van der Waals surface area (Å²) in [6.07, 6.45) is -2.47. The van der Waals surface area contributed by atoms with Gasteiger partial charge in [-0.15, -0.1) is 25.7 Å². The molecule has 4 saturated heterocycles. The molecule has 108 heavy (non-hydrogen) atoms. The zero-order chi connectivity index (χ0) is 87.5. The number of esters is 4. The highest BCUT2D eigenvalue weighted by molar-refractivity contribution is 7.71. The molecular formula is C64H80F4N12O24S4. The van der Waals surface area contributed by atoms with Crippen LogP contribution in [-0.4, -0.2) is 226 Å². The van der Waals surface area contributed by atoms with E-state index in [1.807, 2.05) is 11.8 Å². The van der Waals surface area contributed by atoms with Crippen LogP contribution in [0, 0.1) is 92.1 Å². The van der Waals surface area contributed by atoms with Gasteiger partial charge >= 0.3 is 23.9 Å². The van der Waals surface area contributed by atoms with Crippen LogP contribution in [0.4, 0.5) is 17.6 Å². The lowest BCUT2D eigenvalue weighted by Gasteiger charge is -2.24. The van der Waals surface area contributed by atoms with Gasteiger partial charge in [0.1, 0.15) is 95.3 Å². The molecule has 36 nitrogen and oxygen atoms in total. The van der Waals surface area contributed by atoms with Crippen LogP contribution in [0.5, 0.6) is 0 Å². The van der Waals surface area contributed by atoms with Crippen molar-refractivity contribution in [3.05, 3.63) is 108 Å². The summed E-state index contributed by atoms with van der Waals surface area (Å²) in [6, 6.07) is -4.62. The van der Waals surface area contributed by atoms with Crippen molar-refractivity contribution in [1.82, 2.24) is 38.2 Å². The molecule has 4 aliphatic rings. The van der Waals surface area contributed by atoms with Gasteiger partial charge < -0.3 is 102 Å². The molecule has 0 unspecified atom stereocenters. The van der Waals surface area contributed by atoms with Crippen LogP contribution in [0.2, 0.25) is 0 Å². The van der Waals surface area contributed by atoms with Crippen LogP contribution in [-0.2, 0) is 57.1 Å². The Balaban J connectivity index is 0.000000272. The highest BCUT2D eigenvalue weighted by Crippen LogP contribution is 2.43. The standard InChI is InChI=1S/4C16H20FN3O6S/c4*1-4-8-5-20(15(27)19-12(8)23)13-10(21)11(22)16(17,26-13)6-25-14(24)9(18)7(2)3/h4*1,5,7,9-11,13,21-22H,6,18H2,2-3H3,(H,19,23,27)/t4*9-,10+,11-,13+,16+/m0000/s1/i6D2,13D;13D;6D2;. The molecule has 0 aromatic carbocycles. The average molecular weight is 1610 g/mol. The normalized spacial score (nSPS) is 31.2. The van der Waals surface area contributed by atoms with Crippen LogP contribution >= 0.6 is 48.9 Å². The van der Waals surface area contributed by atoms with E-state index >= 15 is 17.6 Å². The van der Waals surface area contributed by atoms with Crippen molar-refractivity contribution in [1.29, 1.82) is 0 Å². The number of H-pyrrole nitrogens is 4. The molecular weight excluding hydrogens is 1530 g/mol. The predicted octanol–water partition coefficient (Wildman–Crippen LogP) is -2.68. The summed E-state index contributed by atoms with van der Waals surface area (Å²) in [4.78, 5) is 103. The van der Waals surface area contributed by atoms with Crippen molar-refractivity contribution in [3.8, 4) is 49.4 Å². The molecule has 0 amide bonds. The number of aromatic nitrogens is 8. The highest BCUT2D eigenvalue weighted by atomic mass is 32.1. The molecule has 0 saturated carbocycles. The fourth-order valence-electron chi connectivity index (χ4n) is 8.97. The van der Waals surface area contributed by atoms with E-state index in [0.29, 0.717) is 9.13 Å². The molecule has 4 aromatic rings. The van der Waals surface area contributed by atoms with Crippen molar-refractivity contribution < 1.29 is 124 Å². The smallest absolute Gasteiger partial charge is 0.323 e. The minimum Gasteiger partial charge on any atom is -0.458 e. The molecule has 0 spiro atoms. The van der Waals surface area contributed by atoms with Crippen molar-refractivity contribution >= 4 is 72.7 Å². The predicted molar refractivity (Wildman–Crippen MR) is 374 cm³/mol. The maximum Gasteiger partial charge on any atom is 0.323 e. The van der Waals surface area contributed by atoms with Crippen molar-refractivity contribution in [2.45, 2.75) is 177 Å². The lowest BCUT2D eigenvalue weighted by molar-refractivity contribution is -0.217. The zero-order valence-corrected chi connectivity index (χ0v) is 61.0. The molecule has 0 bridgehead atoms. The van der Waals surface area contributed by atoms with E-state index in [1.165, 1.54) is 13.8 Å². The van der Waals surface area contributed by atoms with Crippen LogP contribution < -0.4 is 45.2 Å². The Morgan fingerprint density at radius 3 is 0.972 bits per heavy atom. The summed E-state index contributed by atoms with van der Waals surface area (Å²) in [5.41, 5.74) is 18.4. The average Bonchev–Trinajstić information content (AvgIpc) is 1.56. The molecule has 20 N–H and O–H groups in total. The number of rotatable bonds is 20. The number of aliphatic hydroxyl groups excluding tert-OH is 8. The number of hydrogen-bond acceptors (Lipinski definition) is 32. The van der Waals surface area contributed by atoms with Gasteiger partial charge in [-0.05, 0) is 72.5 Å². The first-order chi connectivity index (χ1) is 52.3. The number of carbonyl (C=O) groups excluding carboxylic acids is 4. The second-order valence-electron chi connectivity index (χ2n) is 25.1. The van der Waals surface area contributed by atoms with E-state index in [1.54, 1.807) is 41.5 Å². The Hall–Kier alpha value is -8.40. The number of aliphatic hydroxyl groups is 8. The number of carbonyl (C=O) groups is 4. The lowest BCUT2D eigenvalue weighted by Crippen LogP contribution is -2.46. The third-order valence-electron chi connectivity index (χ3n) is 15.9. The van der Waals surface area contributed by atoms with Crippen LogP contribution in [0.1, 0.15) is 111 Å². The van der Waals surface area contributed by atoms with Crippen LogP contribution in [0.3, 0.4) is 0 Å². The monoisotopic (exact) mass is 1610 g/mol. The van der Waals surface area contributed by atoms with E-state index in [4.69, 9.17) is 134 Å². The van der Waals surface area contributed by atoms with E-state index in [-0.39, 0.29) is 43.6 Å². The number of nitrogens with zero attached hydrogens (tertiary/aromatic N) is 4. The lowest BCUT2D eigenvalue weighted by atomic mass is 10.1. The Kier molecular flexibility index (Phi) is 27.5. The third kappa shape index (κ3) is 20.3. The topological polar surface area (TPSA) is 559 Å². The summed E-state index contributed by atoms with van der Waals surface area (Å²) in [7, 11) is 0. The van der Waals surface area contributed by atoms with E-state index in [9.17, 15) is 79.2 Å². The van der Waals surface area contributed by atoms with Crippen LogP contribution in [0.25, 0.3) is 0 Å². The van der Waals surface area contributed by atoms with Gasteiger partial charge in [-0.25, -0.2) is 17.6 Å². The van der Waals surface area contributed by atoms with Gasteiger partial charge in [-0.3, -0.25) is 76.6 Å². The minimum absolute atomic E-state index is 0.139. The van der Waals surface area contributed by atoms with Gasteiger partial charge in [0.15, 0.2) is 70.3 Å². The minimum atomic E-state index is -3.91. The summed E-state index contributed by atoms with van der Waals surface area (Å²) in [6.45, 7) is 3.50. The molecule has 4 fully saturated rings. The number of halogens is 4. The second kappa shape index (κ2) is 36.9. The Bertz CT molecular complexity index is 5000. The Labute approximate surface area is 638 Å². The van der Waals surface area contributed by atoms with Gasteiger partial charge in [0.05, 0.1) is 8.22 Å². The highest BCUT2D eigenvalue weighted by Gasteiger charge is 2.61. The molecule has 592 valence electrons. The van der Waals surface area contributed by atoms with Crippen LogP contribution in [0.15, 0.2) is 44.0 Å². The maximum absolute atomic E-state index is 15.5. The summed E-state index contributed by atoms with van der Waals surface area (Å²) in [5, 5.41) is 81.5. The van der Waals surface area contributed by atoms with Gasteiger partial charge in [0.2, 0.25) is 0 Å². The molecule has 8 heterocycles. The summed E-state index contributed by atoms with van der Waals surface area (Å²) >= 11 is 19.7. The largest absolute Gasteiger partial charge is 0.458 e. The third-order valence-corrected chi connectivity index (χ3v) is 17.2. The molecule has 4 aliphatic heterocycles. The Morgan fingerprint density at radius 2 is 0.676 bits per heavy atom. The van der Waals surface area contributed by atoms with Gasteiger partial charge in [-0.2, -0.15) is 0 Å². The van der Waals surface area contributed by atoms with Gasteiger partial charge in [0.25, 0.3) is 45.7 Å². The molecule has 0 aliphatic carbocycles. The first-order valence-electron chi connectivity index (χ1n) is 34.3. The van der Waals surface area contributed by atoms with Crippen molar-refractivity contribution in [3.63, 3.8) is 0 Å². The number of hydrogen-bond donors (Lipinski definition) is 16. The molecule has 8 rings (SSSR count). The SMILES string of the molecule is C#Cc1cn([C@@H]2O[C@](F)(COC(=O)[C@@H](N)C(C)C)[C@@H](O)[C@H]2O)c(=S)[nH]c1=O.[2H]C([2H])(OC(=O)[C@@H](N)C(C)C)[C@@]1(F)O[C@@H](n2cc(C#C)c(=O)[nH]c2=S)[C@H](O)[C@@H]1O.[2H]C([2H])(OC(=O)[C@@H](N)C(C)C)[C@@]1(F)O[C@@]([2H])(n2cc(C#C)c(=O)[nH]c2=S)[C@H](O)[C@@H]1O.[2H][C@@]1(n2cc(C#C)c(=O)[nH]c2=S)O[C@](F)(COC(=O)[C@@H](N)C(C)C)[C@@H](O)[C@H]1O. The van der Waals surface area contributed by atoms with Gasteiger partial charge in [0, 0.05) is 24.8 Å².